The Hall–Kier alpha value is -1.61. The molecule has 8 nitrogen and oxygen atoms in total. The van der Waals surface area contributed by atoms with Crippen LogP contribution in [0.25, 0.3) is 0 Å². The minimum absolute atomic E-state index is 0.0460. The van der Waals surface area contributed by atoms with E-state index in [1.807, 2.05) is 16.7 Å². The number of nitrogens with zero attached hydrogens (tertiary/aromatic N) is 4. The van der Waals surface area contributed by atoms with Gasteiger partial charge < -0.3 is 4.90 Å². The van der Waals surface area contributed by atoms with Gasteiger partial charge in [0, 0.05) is 23.6 Å². The van der Waals surface area contributed by atoms with E-state index in [9.17, 15) is 10.1 Å². The lowest BCUT2D eigenvalue weighted by molar-refractivity contribution is -0.385. The molecule has 2 unspecified atom stereocenters. The Bertz CT molecular complexity index is 516. The molecule has 9 heteroatoms. The Labute approximate surface area is 121 Å². The average molecular weight is 298 g/mol. The molecule has 2 atom stereocenters. The maximum Gasteiger partial charge on any atom is 0.332 e. The van der Waals surface area contributed by atoms with Gasteiger partial charge in [-0.15, -0.1) is 0 Å². The second kappa shape index (κ2) is 5.80. The predicted molar refractivity (Wildman–Crippen MR) is 80.0 cm³/mol. The smallest absolute Gasteiger partial charge is 0.332 e. The first-order valence-electron chi connectivity index (χ1n) is 6.32. The summed E-state index contributed by atoms with van der Waals surface area (Å²) in [4.78, 5) is 21.0. The molecule has 1 fully saturated rings. The zero-order valence-corrected chi connectivity index (χ0v) is 12.5. The number of nitrogens with one attached hydrogen (secondary N) is 1. The topological polar surface area (TPSA) is 110 Å². The van der Waals surface area contributed by atoms with Crippen LogP contribution in [0.4, 0.5) is 17.5 Å². The van der Waals surface area contributed by atoms with Crippen molar-refractivity contribution in [3.8, 4) is 0 Å². The molecule has 1 aromatic rings. The number of anilines is 2. The Balaban J connectivity index is 2.47. The maximum absolute atomic E-state index is 11.3. The molecule has 0 saturated carbocycles. The summed E-state index contributed by atoms with van der Waals surface area (Å²) < 4.78 is 0. The summed E-state index contributed by atoms with van der Waals surface area (Å²) in [5.74, 6) is 5.87. The highest BCUT2D eigenvalue weighted by Crippen LogP contribution is 2.34. The number of aromatic nitrogens is 2. The first-order chi connectivity index (χ1) is 9.42. The first-order valence-corrected chi connectivity index (χ1v) is 7.26. The quantitative estimate of drug-likeness (QED) is 0.488. The van der Waals surface area contributed by atoms with E-state index < -0.39 is 4.92 Å². The van der Waals surface area contributed by atoms with Crippen LogP contribution in [0.3, 0.4) is 0 Å². The fourth-order valence-electron chi connectivity index (χ4n) is 2.40. The zero-order valence-electron chi connectivity index (χ0n) is 11.7. The van der Waals surface area contributed by atoms with E-state index in [4.69, 9.17) is 5.84 Å². The van der Waals surface area contributed by atoms with Crippen LogP contribution < -0.4 is 16.2 Å². The van der Waals surface area contributed by atoms with Crippen molar-refractivity contribution in [3.05, 3.63) is 15.8 Å². The number of nitrogens with two attached hydrogens (primary N) is 1. The number of nitrogen functional groups attached to an aromatic ring is 1. The third-order valence-electron chi connectivity index (χ3n) is 3.07. The third kappa shape index (κ3) is 2.93. The minimum atomic E-state index is -0.429. The summed E-state index contributed by atoms with van der Waals surface area (Å²) in [5.41, 5.74) is 2.62. The van der Waals surface area contributed by atoms with Crippen LogP contribution in [0.2, 0.25) is 0 Å². The highest BCUT2D eigenvalue weighted by atomic mass is 32.2. The second-order valence-corrected chi connectivity index (χ2v) is 6.75. The molecule has 1 aliphatic heterocycles. The summed E-state index contributed by atoms with van der Waals surface area (Å²) in [6.45, 7) is 7.24. The van der Waals surface area contributed by atoms with Gasteiger partial charge in [0.15, 0.2) is 0 Å². The fraction of sp³-hybridized carbons (Fsp3) is 0.636. The van der Waals surface area contributed by atoms with E-state index >= 15 is 0 Å². The summed E-state index contributed by atoms with van der Waals surface area (Å²) in [7, 11) is 0. The van der Waals surface area contributed by atoms with E-state index in [0.29, 0.717) is 22.0 Å². The van der Waals surface area contributed by atoms with Crippen molar-refractivity contribution in [3.63, 3.8) is 0 Å². The Morgan fingerprint density at radius 3 is 2.50 bits per heavy atom. The van der Waals surface area contributed by atoms with Crippen LogP contribution in [0.1, 0.15) is 19.5 Å². The molecule has 0 spiro atoms. The average Bonchev–Trinajstić information content (AvgIpc) is 2.35. The largest absolute Gasteiger partial charge is 0.349 e. The second-order valence-electron chi connectivity index (χ2n) is 4.87. The lowest BCUT2D eigenvalue weighted by Crippen LogP contribution is -2.41. The number of aryl methyl sites for hydroxylation is 1. The number of rotatable bonds is 3. The van der Waals surface area contributed by atoms with Gasteiger partial charge in [-0.1, -0.05) is 13.8 Å². The van der Waals surface area contributed by atoms with Crippen molar-refractivity contribution < 1.29 is 4.92 Å². The monoisotopic (exact) mass is 298 g/mol. The molecule has 20 heavy (non-hydrogen) atoms. The molecule has 0 aromatic carbocycles. The van der Waals surface area contributed by atoms with Gasteiger partial charge in [0.2, 0.25) is 11.8 Å². The van der Waals surface area contributed by atoms with E-state index in [1.165, 1.54) is 0 Å². The fourth-order valence-corrected chi connectivity index (χ4v) is 3.73. The Morgan fingerprint density at radius 1 is 1.40 bits per heavy atom. The number of nitro groups is 1. The molecule has 3 N–H and O–H groups in total. The molecule has 0 aliphatic carbocycles. The van der Waals surface area contributed by atoms with E-state index in [-0.39, 0.29) is 11.6 Å². The molecule has 0 radical (unpaired) electrons. The summed E-state index contributed by atoms with van der Waals surface area (Å²) in [5, 5.41) is 12.1. The normalized spacial score (nSPS) is 22.7. The van der Waals surface area contributed by atoms with E-state index in [2.05, 4.69) is 29.2 Å². The van der Waals surface area contributed by atoms with Gasteiger partial charge in [-0.2, -0.15) is 16.7 Å². The molecule has 2 rings (SSSR count). The molecule has 1 aliphatic rings. The molecule has 110 valence electrons. The van der Waals surface area contributed by atoms with Crippen LogP contribution in [-0.2, 0) is 0 Å². The number of hydrazine groups is 1. The van der Waals surface area contributed by atoms with Gasteiger partial charge in [-0.25, -0.2) is 10.8 Å². The van der Waals surface area contributed by atoms with E-state index in [0.717, 1.165) is 13.1 Å². The summed E-state index contributed by atoms with van der Waals surface area (Å²) in [6.07, 6.45) is 0. The highest BCUT2D eigenvalue weighted by molar-refractivity contribution is 8.00. The lowest BCUT2D eigenvalue weighted by atomic mass is 10.2. The van der Waals surface area contributed by atoms with Gasteiger partial charge in [0.05, 0.1) is 4.92 Å². The summed E-state index contributed by atoms with van der Waals surface area (Å²) in [6, 6.07) is 0. The van der Waals surface area contributed by atoms with Crippen LogP contribution in [0, 0.1) is 17.0 Å². The number of hydrogen-bond donors (Lipinski definition) is 2. The van der Waals surface area contributed by atoms with Crippen molar-refractivity contribution in [1.29, 1.82) is 0 Å². The maximum atomic E-state index is 11.3. The number of thioether (sulfide) groups is 1. The van der Waals surface area contributed by atoms with Crippen molar-refractivity contribution in [2.24, 2.45) is 5.84 Å². The van der Waals surface area contributed by atoms with Gasteiger partial charge in [-0.3, -0.25) is 15.5 Å². The van der Waals surface area contributed by atoms with Gasteiger partial charge in [-0.05, 0) is 6.92 Å². The molecular weight excluding hydrogens is 280 g/mol. The molecule has 1 saturated heterocycles. The van der Waals surface area contributed by atoms with Crippen molar-refractivity contribution in [1.82, 2.24) is 9.97 Å². The van der Waals surface area contributed by atoms with Gasteiger partial charge >= 0.3 is 5.69 Å². The molecule has 2 heterocycles. The third-order valence-corrected chi connectivity index (χ3v) is 4.30. The predicted octanol–water partition coefficient (Wildman–Crippen LogP) is 1.31. The summed E-state index contributed by atoms with van der Waals surface area (Å²) >= 11 is 1.87. The Morgan fingerprint density at radius 2 is 2.00 bits per heavy atom. The molecule has 0 amide bonds. The standard InChI is InChI=1S/C11H18N6O2S/c1-6-4-16(5-7(2)20-6)10-9(17(18)19)8(3)13-11(14-10)15-12/h6-7H,4-5,12H2,1-3H3,(H,13,14,15). The van der Waals surface area contributed by atoms with Crippen molar-refractivity contribution >= 4 is 29.2 Å². The van der Waals surface area contributed by atoms with Crippen molar-refractivity contribution in [2.45, 2.75) is 31.3 Å². The van der Waals surface area contributed by atoms with Crippen LogP contribution in [-0.4, -0.2) is 38.5 Å². The molecule has 1 aromatic heterocycles. The van der Waals surface area contributed by atoms with E-state index in [1.54, 1.807) is 6.92 Å². The minimum Gasteiger partial charge on any atom is -0.349 e. The first kappa shape index (κ1) is 14.8. The van der Waals surface area contributed by atoms with Crippen LogP contribution in [0.5, 0.6) is 0 Å². The Kier molecular flexibility index (Phi) is 4.29. The molecule has 0 bridgehead atoms. The lowest BCUT2D eigenvalue weighted by Gasteiger charge is -2.35. The SMILES string of the molecule is Cc1nc(NN)nc(N2CC(C)SC(C)C2)c1[N+](=O)[O-]. The molecular formula is C11H18N6O2S. The van der Waals surface area contributed by atoms with Crippen LogP contribution >= 0.6 is 11.8 Å². The number of hydrogen-bond acceptors (Lipinski definition) is 8. The zero-order chi connectivity index (χ0) is 14.9. The highest BCUT2D eigenvalue weighted by Gasteiger charge is 2.31. The van der Waals surface area contributed by atoms with Crippen molar-refractivity contribution in [2.75, 3.05) is 23.4 Å². The van der Waals surface area contributed by atoms with Crippen LogP contribution in [0.15, 0.2) is 0 Å². The van der Waals surface area contributed by atoms with Gasteiger partial charge in [0.25, 0.3) is 0 Å². The van der Waals surface area contributed by atoms with Gasteiger partial charge in [0.1, 0.15) is 5.69 Å².